The third-order valence-corrected chi connectivity index (χ3v) is 1.94. The van der Waals surface area contributed by atoms with Crippen LogP contribution in [-0.4, -0.2) is 10.3 Å². The molecule has 0 fully saturated rings. The van der Waals surface area contributed by atoms with Crippen molar-refractivity contribution in [2.75, 3.05) is 5.75 Å². The van der Waals surface area contributed by atoms with Crippen LogP contribution >= 0.6 is 12.6 Å². The number of hydrogen-bond acceptors (Lipinski definition) is 2. The van der Waals surface area contributed by atoms with Gasteiger partial charge in [-0.05, 0) is 5.57 Å². The Bertz CT molecular complexity index is 309. The Morgan fingerprint density at radius 1 is 1.50 bits per heavy atom. The van der Waals surface area contributed by atoms with Gasteiger partial charge in [0.25, 0.3) is 0 Å². The highest BCUT2D eigenvalue weighted by Crippen LogP contribution is 1.97. The van der Waals surface area contributed by atoms with Gasteiger partial charge in [-0.25, -0.2) is 0 Å². The molecular weight excluding hydrogens is 170 g/mol. The summed E-state index contributed by atoms with van der Waals surface area (Å²) in [5.41, 5.74) is 1.06. The van der Waals surface area contributed by atoms with Crippen LogP contribution in [0.1, 0.15) is 0 Å². The zero-order valence-corrected chi connectivity index (χ0v) is 7.63. The van der Waals surface area contributed by atoms with E-state index in [-0.39, 0.29) is 5.43 Å². The first-order valence-corrected chi connectivity index (χ1v) is 4.29. The second-order valence-electron chi connectivity index (χ2n) is 2.61. The second-order valence-corrected chi connectivity index (χ2v) is 2.93. The van der Waals surface area contributed by atoms with Crippen LogP contribution in [0.4, 0.5) is 0 Å². The summed E-state index contributed by atoms with van der Waals surface area (Å²) >= 11 is 4.09. The average molecular weight is 181 g/mol. The Morgan fingerprint density at radius 2 is 2.08 bits per heavy atom. The predicted molar refractivity (Wildman–Crippen MR) is 53.7 cm³/mol. The minimum absolute atomic E-state index is 0.0303. The lowest BCUT2D eigenvalue weighted by atomic mass is 10.3. The normalized spacial score (nSPS) is 9.75. The molecule has 2 nitrogen and oxygen atoms in total. The van der Waals surface area contributed by atoms with Crippen molar-refractivity contribution in [2.24, 2.45) is 0 Å². The lowest BCUT2D eigenvalue weighted by Crippen LogP contribution is -2.05. The van der Waals surface area contributed by atoms with E-state index in [4.69, 9.17) is 0 Å². The maximum Gasteiger partial charge on any atom is 0.181 e. The molecule has 0 saturated carbocycles. The van der Waals surface area contributed by atoms with Crippen LogP contribution in [0.5, 0.6) is 0 Å². The maximum absolute atomic E-state index is 10.7. The summed E-state index contributed by atoms with van der Waals surface area (Å²) in [6, 6.07) is 3.07. The fraction of sp³-hybridized carbons (Fsp3) is 0.222. The Labute approximate surface area is 76.9 Å². The zero-order chi connectivity index (χ0) is 8.97. The van der Waals surface area contributed by atoms with Crippen LogP contribution in [0.25, 0.3) is 0 Å². The Hall–Kier alpha value is -0.960. The maximum atomic E-state index is 10.7. The molecule has 0 bridgehead atoms. The lowest BCUT2D eigenvalue weighted by molar-refractivity contribution is 0.779. The van der Waals surface area contributed by atoms with E-state index in [1.165, 1.54) is 12.1 Å². The summed E-state index contributed by atoms with van der Waals surface area (Å²) in [5, 5.41) is 0. The van der Waals surface area contributed by atoms with Crippen molar-refractivity contribution in [3.63, 3.8) is 0 Å². The van der Waals surface area contributed by atoms with Crippen molar-refractivity contribution in [2.45, 2.75) is 6.54 Å². The van der Waals surface area contributed by atoms with Gasteiger partial charge in [-0.3, -0.25) is 4.79 Å². The summed E-state index contributed by atoms with van der Waals surface area (Å²) in [5.74, 6) is 0.673. The van der Waals surface area contributed by atoms with Crippen molar-refractivity contribution in [3.05, 3.63) is 46.9 Å². The van der Waals surface area contributed by atoms with Crippen LogP contribution in [0.2, 0.25) is 0 Å². The predicted octanol–water partition coefficient (Wildman–Crippen LogP) is 1.33. The first kappa shape index (κ1) is 9.13. The van der Waals surface area contributed by atoms with Crippen molar-refractivity contribution >= 4 is 12.6 Å². The molecule has 3 heteroatoms. The first-order valence-electron chi connectivity index (χ1n) is 3.66. The van der Waals surface area contributed by atoms with Gasteiger partial charge < -0.3 is 4.57 Å². The molecule has 0 aliphatic rings. The zero-order valence-electron chi connectivity index (χ0n) is 6.73. The van der Waals surface area contributed by atoms with Gasteiger partial charge in [-0.2, -0.15) is 12.6 Å². The second kappa shape index (κ2) is 4.16. The quantitative estimate of drug-likeness (QED) is 0.551. The van der Waals surface area contributed by atoms with E-state index in [1.54, 1.807) is 12.4 Å². The van der Waals surface area contributed by atoms with Crippen molar-refractivity contribution in [1.82, 2.24) is 4.57 Å². The van der Waals surface area contributed by atoms with Crippen LogP contribution in [-0.2, 0) is 6.54 Å². The highest BCUT2D eigenvalue weighted by Gasteiger charge is 1.91. The Balaban J connectivity index is 2.71. The third kappa shape index (κ3) is 2.58. The van der Waals surface area contributed by atoms with Crippen LogP contribution < -0.4 is 5.43 Å². The third-order valence-electron chi connectivity index (χ3n) is 1.49. The molecule has 0 radical (unpaired) electrons. The molecule has 0 atom stereocenters. The molecule has 0 amide bonds. The van der Waals surface area contributed by atoms with Crippen molar-refractivity contribution in [3.8, 4) is 0 Å². The number of pyridine rings is 1. The SMILES string of the molecule is C=C(CS)Cn1ccc(=O)cc1. The van der Waals surface area contributed by atoms with E-state index in [0.717, 1.165) is 12.1 Å². The van der Waals surface area contributed by atoms with Crippen molar-refractivity contribution in [1.29, 1.82) is 0 Å². The van der Waals surface area contributed by atoms with Crippen LogP contribution in [0, 0.1) is 0 Å². The molecule has 0 aliphatic heterocycles. The van der Waals surface area contributed by atoms with Crippen LogP contribution in [0.15, 0.2) is 41.5 Å². The number of aromatic nitrogens is 1. The largest absolute Gasteiger partial charge is 0.350 e. The number of rotatable bonds is 3. The molecule has 0 saturated heterocycles. The standard InChI is InChI=1S/C9H11NOS/c1-8(7-12)6-10-4-2-9(11)3-5-10/h2-5,12H,1,6-7H2. The molecule has 0 N–H and O–H groups in total. The van der Waals surface area contributed by atoms with Gasteiger partial charge in [0.15, 0.2) is 5.43 Å². The van der Waals surface area contributed by atoms with Gasteiger partial charge in [0, 0.05) is 36.8 Å². The molecule has 64 valence electrons. The van der Waals surface area contributed by atoms with E-state index in [9.17, 15) is 4.79 Å². The molecule has 1 aromatic heterocycles. The summed E-state index contributed by atoms with van der Waals surface area (Å²) in [7, 11) is 0. The van der Waals surface area contributed by atoms with Gasteiger partial charge >= 0.3 is 0 Å². The number of hydrogen-bond donors (Lipinski definition) is 1. The fourth-order valence-electron chi connectivity index (χ4n) is 0.857. The Kier molecular flexibility index (Phi) is 3.17. The minimum atomic E-state index is 0.0303. The average Bonchev–Trinajstić information content (AvgIpc) is 2.09. The van der Waals surface area contributed by atoms with E-state index in [2.05, 4.69) is 19.2 Å². The molecule has 1 heterocycles. The number of nitrogens with zero attached hydrogens (tertiary/aromatic N) is 1. The molecule has 1 rings (SSSR count). The van der Waals surface area contributed by atoms with E-state index >= 15 is 0 Å². The summed E-state index contributed by atoms with van der Waals surface area (Å²) < 4.78 is 1.90. The molecular formula is C9H11NOS. The Morgan fingerprint density at radius 3 is 2.58 bits per heavy atom. The highest BCUT2D eigenvalue weighted by molar-refractivity contribution is 7.80. The van der Waals surface area contributed by atoms with Gasteiger partial charge in [0.1, 0.15) is 0 Å². The topological polar surface area (TPSA) is 22.0 Å². The lowest BCUT2D eigenvalue weighted by Gasteiger charge is -2.05. The molecule has 0 aromatic carbocycles. The highest BCUT2D eigenvalue weighted by atomic mass is 32.1. The van der Waals surface area contributed by atoms with Crippen LogP contribution in [0.3, 0.4) is 0 Å². The van der Waals surface area contributed by atoms with E-state index in [1.807, 2.05) is 4.57 Å². The molecule has 0 spiro atoms. The van der Waals surface area contributed by atoms with Gasteiger partial charge in [0.2, 0.25) is 0 Å². The van der Waals surface area contributed by atoms with Gasteiger partial charge in [-0.15, -0.1) is 0 Å². The number of thiol groups is 1. The first-order chi connectivity index (χ1) is 5.72. The van der Waals surface area contributed by atoms with Crippen molar-refractivity contribution < 1.29 is 0 Å². The monoisotopic (exact) mass is 181 g/mol. The molecule has 0 aliphatic carbocycles. The van der Waals surface area contributed by atoms with E-state index in [0.29, 0.717) is 5.75 Å². The fourth-order valence-corrected chi connectivity index (χ4v) is 0.957. The summed E-state index contributed by atoms with van der Waals surface area (Å²) in [6.07, 6.45) is 3.49. The summed E-state index contributed by atoms with van der Waals surface area (Å²) in [4.78, 5) is 10.7. The smallest absolute Gasteiger partial charge is 0.181 e. The van der Waals surface area contributed by atoms with E-state index < -0.39 is 0 Å². The summed E-state index contributed by atoms with van der Waals surface area (Å²) in [6.45, 7) is 4.54. The molecule has 1 aromatic rings. The molecule has 0 unspecified atom stereocenters. The van der Waals surface area contributed by atoms with Gasteiger partial charge in [-0.1, -0.05) is 6.58 Å². The van der Waals surface area contributed by atoms with Gasteiger partial charge in [0.05, 0.1) is 0 Å². The molecule has 12 heavy (non-hydrogen) atoms. The minimum Gasteiger partial charge on any atom is -0.350 e.